The Labute approximate surface area is 142 Å². The smallest absolute Gasteiger partial charge is 0.240 e. The van der Waals surface area contributed by atoms with Gasteiger partial charge < -0.3 is 10.2 Å². The summed E-state index contributed by atoms with van der Waals surface area (Å²) in [6.45, 7) is 1.49. The molecule has 1 atom stereocenters. The third-order valence-corrected chi connectivity index (χ3v) is 5.61. The van der Waals surface area contributed by atoms with E-state index in [0.29, 0.717) is 17.6 Å². The van der Waals surface area contributed by atoms with Gasteiger partial charge in [-0.3, -0.25) is 4.79 Å². The van der Waals surface area contributed by atoms with Crippen molar-refractivity contribution in [2.75, 3.05) is 26.7 Å². The van der Waals surface area contributed by atoms with Crippen molar-refractivity contribution in [1.82, 2.24) is 14.9 Å². The number of rotatable bonds is 6. The van der Waals surface area contributed by atoms with Gasteiger partial charge in [-0.05, 0) is 38.1 Å². The zero-order chi connectivity index (χ0) is 16.9. The third kappa shape index (κ3) is 5.17. The molecule has 1 heterocycles. The van der Waals surface area contributed by atoms with Crippen molar-refractivity contribution in [2.45, 2.75) is 30.2 Å². The van der Waals surface area contributed by atoms with Crippen molar-refractivity contribution in [3.05, 3.63) is 29.3 Å². The van der Waals surface area contributed by atoms with Crippen LogP contribution < -0.4 is 10.0 Å². The van der Waals surface area contributed by atoms with E-state index in [0.717, 1.165) is 19.4 Å². The van der Waals surface area contributed by atoms with Crippen molar-refractivity contribution in [3.8, 4) is 0 Å². The number of benzene rings is 1. The van der Waals surface area contributed by atoms with Crippen LogP contribution in [0.5, 0.6) is 0 Å². The first-order valence-corrected chi connectivity index (χ1v) is 9.49. The van der Waals surface area contributed by atoms with E-state index in [1.807, 2.05) is 7.05 Å². The van der Waals surface area contributed by atoms with Crippen LogP contribution in [0.2, 0.25) is 5.02 Å². The summed E-state index contributed by atoms with van der Waals surface area (Å²) in [7, 11) is -1.76. The lowest BCUT2D eigenvalue weighted by atomic mass is 10.1. The SMILES string of the molecule is CNC1CCCN(C(=O)CCNS(=O)(=O)c2cccc(Cl)c2)C1. The second-order valence-electron chi connectivity index (χ2n) is 5.57. The van der Waals surface area contributed by atoms with Crippen LogP contribution in [-0.2, 0) is 14.8 Å². The molecule has 8 heteroatoms. The van der Waals surface area contributed by atoms with Gasteiger partial charge in [0.25, 0.3) is 0 Å². The van der Waals surface area contributed by atoms with E-state index in [-0.39, 0.29) is 23.8 Å². The number of carbonyl (C=O) groups excluding carboxylic acids is 1. The van der Waals surface area contributed by atoms with Gasteiger partial charge in [0.2, 0.25) is 15.9 Å². The minimum Gasteiger partial charge on any atom is -0.341 e. The fraction of sp³-hybridized carbons (Fsp3) is 0.533. The molecule has 128 valence electrons. The first kappa shape index (κ1) is 18.2. The van der Waals surface area contributed by atoms with Crippen LogP contribution in [0.25, 0.3) is 0 Å². The normalized spacial score (nSPS) is 18.9. The highest BCUT2D eigenvalue weighted by Gasteiger charge is 2.22. The number of likely N-dealkylation sites (N-methyl/N-ethyl adjacent to an activating group) is 1. The highest BCUT2D eigenvalue weighted by atomic mass is 35.5. The molecule has 0 bridgehead atoms. The molecular weight excluding hydrogens is 338 g/mol. The monoisotopic (exact) mass is 359 g/mol. The summed E-state index contributed by atoms with van der Waals surface area (Å²) in [6, 6.07) is 6.36. The molecule has 1 unspecified atom stereocenters. The number of halogens is 1. The second kappa shape index (κ2) is 8.10. The molecule has 1 saturated heterocycles. The molecule has 2 N–H and O–H groups in total. The number of hydrogen-bond acceptors (Lipinski definition) is 4. The maximum Gasteiger partial charge on any atom is 0.240 e. The molecule has 1 amide bonds. The zero-order valence-corrected chi connectivity index (χ0v) is 14.7. The Hall–Kier alpha value is -1.15. The van der Waals surface area contributed by atoms with Crippen LogP contribution in [0, 0.1) is 0 Å². The summed E-state index contributed by atoms with van der Waals surface area (Å²) in [5, 5.41) is 3.53. The molecule has 1 aromatic rings. The average Bonchev–Trinajstić information content (AvgIpc) is 2.54. The molecule has 2 rings (SSSR count). The number of hydrogen-bond donors (Lipinski definition) is 2. The van der Waals surface area contributed by atoms with Crippen LogP contribution in [0.4, 0.5) is 0 Å². The number of nitrogens with one attached hydrogen (secondary N) is 2. The number of carbonyl (C=O) groups is 1. The first-order valence-electron chi connectivity index (χ1n) is 7.62. The fourth-order valence-electron chi connectivity index (χ4n) is 2.61. The summed E-state index contributed by atoms with van der Waals surface area (Å²) >= 11 is 5.81. The highest BCUT2D eigenvalue weighted by Crippen LogP contribution is 2.15. The minimum atomic E-state index is -3.64. The predicted molar refractivity (Wildman–Crippen MR) is 89.9 cm³/mol. The number of amides is 1. The van der Waals surface area contributed by atoms with Gasteiger partial charge in [-0.15, -0.1) is 0 Å². The molecular formula is C15H22ClN3O3S. The quantitative estimate of drug-likeness (QED) is 0.800. The Kier molecular flexibility index (Phi) is 6.41. The lowest BCUT2D eigenvalue weighted by Crippen LogP contribution is -2.47. The van der Waals surface area contributed by atoms with Crippen LogP contribution in [0.1, 0.15) is 19.3 Å². The fourth-order valence-corrected chi connectivity index (χ4v) is 3.94. The maximum absolute atomic E-state index is 12.2. The van der Waals surface area contributed by atoms with E-state index in [1.54, 1.807) is 17.0 Å². The van der Waals surface area contributed by atoms with Gasteiger partial charge in [0.1, 0.15) is 0 Å². The van der Waals surface area contributed by atoms with E-state index in [1.165, 1.54) is 12.1 Å². The Morgan fingerprint density at radius 1 is 1.43 bits per heavy atom. The molecule has 1 aliphatic rings. The Morgan fingerprint density at radius 3 is 2.91 bits per heavy atom. The average molecular weight is 360 g/mol. The van der Waals surface area contributed by atoms with Crippen molar-refractivity contribution < 1.29 is 13.2 Å². The van der Waals surface area contributed by atoms with Crippen LogP contribution in [0.3, 0.4) is 0 Å². The van der Waals surface area contributed by atoms with E-state index in [2.05, 4.69) is 10.0 Å². The summed E-state index contributed by atoms with van der Waals surface area (Å²) < 4.78 is 26.7. The second-order valence-corrected chi connectivity index (χ2v) is 7.78. The Balaban J connectivity index is 1.85. The number of nitrogens with zero attached hydrogens (tertiary/aromatic N) is 1. The zero-order valence-electron chi connectivity index (χ0n) is 13.1. The van der Waals surface area contributed by atoms with E-state index in [9.17, 15) is 13.2 Å². The lowest BCUT2D eigenvalue weighted by Gasteiger charge is -2.32. The molecule has 23 heavy (non-hydrogen) atoms. The molecule has 6 nitrogen and oxygen atoms in total. The van der Waals surface area contributed by atoms with Gasteiger partial charge >= 0.3 is 0 Å². The highest BCUT2D eigenvalue weighted by molar-refractivity contribution is 7.89. The van der Waals surface area contributed by atoms with Crippen LogP contribution in [-0.4, -0.2) is 51.9 Å². The van der Waals surface area contributed by atoms with E-state index in [4.69, 9.17) is 11.6 Å². The standard InChI is InChI=1S/C15H22ClN3O3S/c1-17-13-5-3-9-19(11-13)15(20)7-8-18-23(21,22)14-6-2-4-12(16)10-14/h2,4,6,10,13,17-18H,3,5,7-9,11H2,1H3. The minimum absolute atomic E-state index is 0.0289. The topological polar surface area (TPSA) is 78.5 Å². The van der Waals surface area contributed by atoms with Crippen molar-refractivity contribution in [3.63, 3.8) is 0 Å². The van der Waals surface area contributed by atoms with Gasteiger partial charge in [0.15, 0.2) is 0 Å². The van der Waals surface area contributed by atoms with Crippen molar-refractivity contribution >= 4 is 27.5 Å². The van der Waals surface area contributed by atoms with Crippen LogP contribution >= 0.6 is 11.6 Å². The molecule has 0 aromatic heterocycles. The van der Waals surface area contributed by atoms with Gasteiger partial charge in [0, 0.05) is 37.1 Å². The van der Waals surface area contributed by atoms with E-state index >= 15 is 0 Å². The summed E-state index contributed by atoms with van der Waals surface area (Å²) in [6.07, 6.45) is 2.17. The predicted octanol–water partition coefficient (Wildman–Crippen LogP) is 1.22. The number of sulfonamides is 1. The molecule has 1 aliphatic heterocycles. The van der Waals surface area contributed by atoms with E-state index < -0.39 is 10.0 Å². The lowest BCUT2D eigenvalue weighted by molar-refractivity contribution is -0.132. The summed E-state index contributed by atoms with van der Waals surface area (Å²) in [5.74, 6) is -0.0289. The number of piperidine rings is 1. The molecule has 1 aromatic carbocycles. The van der Waals surface area contributed by atoms with Crippen molar-refractivity contribution in [2.24, 2.45) is 0 Å². The van der Waals surface area contributed by atoms with Gasteiger partial charge in [-0.1, -0.05) is 17.7 Å². The largest absolute Gasteiger partial charge is 0.341 e. The van der Waals surface area contributed by atoms with Crippen LogP contribution in [0.15, 0.2) is 29.2 Å². The maximum atomic E-state index is 12.2. The molecule has 0 radical (unpaired) electrons. The number of likely N-dealkylation sites (tertiary alicyclic amines) is 1. The van der Waals surface area contributed by atoms with Crippen molar-refractivity contribution in [1.29, 1.82) is 0 Å². The van der Waals surface area contributed by atoms with Gasteiger partial charge in [0.05, 0.1) is 4.90 Å². The molecule has 0 aliphatic carbocycles. The Bertz CT molecular complexity index is 651. The molecule has 0 spiro atoms. The molecule has 1 fully saturated rings. The Morgan fingerprint density at radius 2 is 2.22 bits per heavy atom. The summed E-state index contributed by atoms with van der Waals surface area (Å²) in [4.78, 5) is 14.1. The van der Waals surface area contributed by atoms with Gasteiger partial charge in [-0.25, -0.2) is 13.1 Å². The summed E-state index contributed by atoms with van der Waals surface area (Å²) in [5.41, 5.74) is 0. The first-order chi connectivity index (χ1) is 10.9. The van der Waals surface area contributed by atoms with Gasteiger partial charge in [-0.2, -0.15) is 0 Å². The third-order valence-electron chi connectivity index (χ3n) is 3.92. The molecule has 0 saturated carbocycles.